The van der Waals surface area contributed by atoms with Crippen molar-refractivity contribution in [1.29, 1.82) is 0 Å². The molecule has 20 heavy (non-hydrogen) atoms. The normalized spacial score (nSPS) is 14.9. The fourth-order valence-electron chi connectivity index (χ4n) is 2.58. The molecule has 4 heteroatoms. The molecule has 0 bridgehead atoms. The summed E-state index contributed by atoms with van der Waals surface area (Å²) in [6, 6.07) is 0.470. The van der Waals surface area contributed by atoms with Crippen LogP contribution in [0.4, 0.5) is 11.6 Å². The van der Waals surface area contributed by atoms with Crippen LogP contribution in [0.3, 0.4) is 0 Å². The van der Waals surface area contributed by atoms with Gasteiger partial charge in [-0.25, -0.2) is 9.97 Å². The summed E-state index contributed by atoms with van der Waals surface area (Å²) in [5.74, 6) is 3.39. The Kier molecular flexibility index (Phi) is 4.84. The van der Waals surface area contributed by atoms with Crippen LogP contribution in [0.2, 0.25) is 0 Å². The Morgan fingerprint density at radius 2 is 1.95 bits per heavy atom. The standard InChI is InChI=1S/C16H28N4/c1-6-17-15-14(11(2)3)16(19-10-18-15)20(12(4)5)9-13-7-8-13/h10-13H,6-9H2,1-5H3,(H,17,18,19). The van der Waals surface area contributed by atoms with Crippen LogP contribution >= 0.6 is 0 Å². The number of nitrogens with one attached hydrogen (secondary N) is 1. The Morgan fingerprint density at radius 3 is 2.45 bits per heavy atom. The molecular formula is C16H28N4. The first-order valence-corrected chi connectivity index (χ1v) is 7.90. The van der Waals surface area contributed by atoms with E-state index >= 15 is 0 Å². The van der Waals surface area contributed by atoms with Gasteiger partial charge in [0.05, 0.1) is 0 Å². The van der Waals surface area contributed by atoms with Gasteiger partial charge in [0.2, 0.25) is 0 Å². The van der Waals surface area contributed by atoms with Crippen molar-refractivity contribution >= 4 is 11.6 Å². The Bertz CT molecular complexity index is 438. The van der Waals surface area contributed by atoms with Crippen LogP contribution in [0.1, 0.15) is 58.9 Å². The molecule has 4 nitrogen and oxygen atoms in total. The summed E-state index contributed by atoms with van der Waals surface area (Å²) in [5, 5.41) is 3.38. The van der Waals surface area contributed by atoms with Crippen molar-refractivity contribution in [1.82, 2.24) is 9.97 Å². The minimum absolute atomic E-state index is 0.417. The zero-order chi connectivity index (χ0) is 14.7. The number of hydrogen-bond acceptors (Lipinski definition) is 4. The molecule has 112 valence electrons. The number of anilines is 2. The van der Waals surface area contributed by atoms with E-state index in [0.29, 0.717) is 12.0 Å². The number of aromatic nitrogens is 2. The lowest BCUT2D eigenvalue weighted by Gasteiger charge is -2.31. The summed E-state index contributed by atoms with van der Waals surface area (Å²) in [7, 11) is 0. The van der Waals surface area contributed by atoms with Crippen LogP contribution in [-0.4, -0.2) is 29.1 Å². The zero-order valence-corrected chi connectivity index (χ0v) is 13.5. The minimum Gasteiger partial charge on any atom is -0.370 e. The molecule has 1 aliphatic carbocycles. The highest BCUT2D eigenvalue weighted by atomic mass is 15.2. The van der Waals surface area contributed by atoms with Gasteiger partial charge in [0.25, 0.3) is 0 Å². The van der Waals surface area contributed by atoms with Crippen molar-refractivity contribution in [3.63, 3.8) is 0 Å². The van der Waals surface area contributed by atoms with E-state index in [4.69, 9.17) is 0 Å². The van der Waals surface area contributed by atoms with Crippen molar-refractivity contribution < 1.29 is 0 Å². The molecule has 0 aliphatic heterocycles. The van der Waals surface area contributed by atoms with E-state index in [2.05, 4.69) is 54.8 Å². The van der Waals surface area contributed by atoms with Crippen LogP contribution in [0.15, 0.2) is 6.33 Å². The molecule has 1 aliphatic rings. The van der Waals surface area contributed by atoms with Crippen molar-refractivity contribution in [2.45, 2.75) is 59.4 Å². The molecule has 0 aromatic carbocycles. The monoisotopic (exact) mass is 276 g/mol. The number of nitrogens with zero attached hydrogens (tertiary/aromatic N) is 3. The van der Waals surface area contributed by atoms with Gasteiger partial charge in [-0.05, 0) is 45.4 Å². The highest BCUT2D eigenvalue weighted by Gasteiger charge is 2.28. The molecule has 1 heterocycles. The molecule has 2 rings (SSSR count). The highest BCUT2D eigenvalue weighted by Crippen LogP contribution is 2.36. The third-order valence-electron chi connectivity index (χ3n) is 3.83. The average molecular weight is 276 g/mol. The summed E-state index contributed by atoms with van der Waals surface area (Å²) < 4.78 is 0. The fourth-order valence-corrected chi connectivity index (χ4v) is 2.58. The van der Waals surface area contributed by atoms with Gasteiger partial charge in [-0.15, -0.1) is 0 Å². The maximum atomic E-state index is 4.62. The van der Waals surface area contributed by atoms with Crippen molar-refractivity contribution in [2.24, 2.45) is 5.92 Å². The van der Waals surface area contributed by atoms with Gasteiger partial charge in [0.1, 0.15) is 18.0 Å². The highest BCUT2D eigenvalue weighted by molar-refractivity contribution is 5.60. The molecule has 0 unspecified atom stereocenters. The minimum atomic E-state index is 0.417. The lowest BCUT2D eigenvalue weighted by Crippen LogP contribution is -2.34. The Labute approximate surface area is 123 Å². The van der Waals surface area contributed by atoms with Crippen molar-refractivity contribution in [3.05, 3.63) is 11.9 Å². The van der Waals surface area contributed by atoms with Crippen LogP contribution in [0.25, 0.3) is 0 Å². The number of hydrogen-bond donors (Lipinski definition) is 1. The van der Waals surface area contributed by atoms with Crippen molar-refractivity contribution in [3.8, 4) is 0 Å². The van der Waals surface area contributed by atoms with Gasteiger partial charge in [-0.2, -0.15) is 0 Å². The topological polar surface area (TPSA) is 41.1 Å². The molecule has 0 radical (unpaired) electrons. The van der Waals surface area contributed by atoms with Crippen LogP contribution in [0, 0.1) is 5.92 Å². The first-order valence-electron chi connectivity index (χ1n) is 7.90. The second kappa shape index (κ2) is 6.42. The third-order valence-corrected chi connectivity index (χ3v) is 3.83. The lowest BCUT2D eigenvalue weighted by atomic mass is 10.0. The predicted octanol–water partition coefficient (Wildman–Crippen LogP) is 3.66. The first-order chi connectivity index (χ1) is 9.54. The summed E-state index contributed by atoms with van der Waals surface area (Å²) in [6.45, 7) is 13.1. The second-order valence-corrected chi connectivity index (χ2v) is 6.33. The van der Waals surface area contributed by atoms with E-state index in [1.807, 2.05) is 0 Å². The Morgan fingerprint density at radius 1 is 1.25 bits per heavy atom. The molecule has 0 amide bonds. The van der Waals surface area contributed by atoms with Gasteiger partial charge in [-0.1, -0.05) is 13.8 Å². The predicted molar refractivity (Wildman–Crippen MR) is 85.5 cm³/mol. The van der Waals surface area contributed by atoms with E-state index in [1.54, 1.807) is 6.33 Å². The molecular weight excluding hydrogens is 248 g/mol. The van der Waals surface area contributed by atoms with Gasteiger partial charge in [-0.3, -0.25) is 0 Å². The van der Waals surface area contributed by atoms with E-state index in [1.165, 1.54) is 18.4 Å². The number of rotatable bonds is 7. The van der Waals surface area contributed by atoms with E-state index in [-0.39, 0.29) is 0 Å². The molecule has 0 atom stereocenters. The molecule has 1 aromatic rings. The smallest absolute Gasteiger partial charge is 0.137 e. The molecule has 1 fully saturated rings. The van der Waals surface area contributed by atoms with E-state index in [0.717, 1.165) is 30.6 Å². The molecule has 0 saturated heterocycles. The van der Waals surface area contributed by atoms with Crippen LogP contribution in [0.5, 0.6) is 0 Å². The van der Waals surface area contributed by atoms with Crippen molar-refractivity contribution in [2.75, 3.05) is 23.3 Å². The van der Waals surface area contributed by atoms with E-state index in [9.17, 15) is 0 Å². The van der Waals surface area contributed by atoms with E-state index < -0.39 is 0 Å². The maximum absolute atomic E-state index is 4.62. The maximum Gasteiger partial charge on any atom is 0.137 e. The fraction of sp³-hybridized carbons (Fsp3) is 0.750. The summed E-state index contributed by atoms with van der Waals surface area (Å²) >= 11 is 0. The molecule has 1 aromatic heterocycles. The summed E-state index contributed by atoms with van der Waals surface area (Å²) in [5.41, 5.74) is 1.25. The van der Waals surface area contributed by atoms with Gasteiger partial charge >= 0.3 is 0 Å². The van der Waals surface area contributed by atoms with Gasteiger partial charge in [0.15, 0.2) is 0 Å². The lowest BCUT2D eigenvalue weighted by molar-refractivity contribution is 0.628. The first kappa shape index (κ1) is 15.1. The quantitative estimate of drug-likeness (QED) is 0.825. The van der Waals surface area contributed by atoms with Gasteiger partial charge in [0, 0.05) is 24.7 Å². The molecule has 1 saturated carbocycles. The average Bonchev–Trinajstić information content (AvgIpc) is 3.19. The van der Waals surface area contributed by atoms with Crippen LogP contribution in [-0.2, 0) is 0 Å². The Hall–Kier alpha value is -1.32. The SMILES string of the molecule is CCNc1ncnc(N(CC2CC2)C(C)C)c1C(C)C. The largest absolute Gasteiger partial charge is 0.370 e. The summed E-state index contributed by atoms with van der Waals surface area (Å²) in [6.07, 6.45) is 4.43. The second-order valence-electron chi connectivity index (χ2n) is 6.33. The van der Waals surface area contributed by atoms with Gasteiger partial charge < -0.3 is 10.2 Å². The Balaban J connectivity index is 2.38. The van der Waals surface area contributed by atoms with Crippen LogP contribution < -0.4 is 10.2 Å². The summed E-state index contributed by atoms with van der Waals surface area (Å²) in [4.78, 5) is 11.5. The zero-order valence-electron chi connectivity index (χ0n) is 13.5. The molecule has 1 N–H and O–H groups in total. The molecule has 0 spiro atoms. The third kappa shape index (κ3) is 3.41.